The van der Waals surface area contributed by atoms with E-state index in [4.69, 9.17) is 0 Å². The van der Waals surface area contributed by atoms with Crippen LogP contribution in [0.25, 0.3) is 11.3 Å². The Kier molecular flexibility index (Phi) is 5.80. The molecule has 1 aromatic carbocycles. The molecule has 1 fully saturated rings. The zero-order chi connectivity index (χ0) is 27.4. The van der Waals surface area contributed by atoms with Crippen molar-refractivity contribution in [1.29, 1.82) is 0 Å². The van der Waals surface area contributed by atoms with Gasteiger partial charge in [0, 0.05) is 29.6 Å². The van der Waals surface area contributed by atoms with Gasteiger partial charge in [0.25, 0.3) is 15.9 Å². The number of nitrogens with one attached hydrogen (secondary N) is 4. The molecule has 11 nitrogen and oxygen atoms in total. The van der Waals surface area contributed by atoms with E-state index in [0.29, 0.717) is 33.9 Å². The number of pyridine rings is 1. The van der Waals surface area contributed by atoms with Gasteiger partial charge < -0.3 is 20.6 Å². The van der Waals surface area contributed by atoms with Crippen LogP contribution in [0.5, 0.6) is 0 Å². The van der Waals surface area contributed by atoms with Crippen LogP contribution in [0, 0.1) is 5.92 Å². The van der Waals surface area contributed by atoms with Gasteiger partial charge in [0.1, 0.15) is 11.7 Å². The average molecular weight is 554 g/mol. The number of anilines is 3. The van der Waals surface area contributed by atoms with Crippen molar-refractivity contribution in [3.63, 3.8) is 0 Å². The van der Waals surface area contributed by atoms with Gasteiger partial charge in [-0.3, -0.25) is 9.59 Å². The number of alkyl halides is 2. The molecule has 200 valence electrons. The number of para-hydroxylation sites is 1. The van der Waals surface area contributed by atoms with E-state index >= 15 is 0 Å². The second kappa shape index (κ2) is 9.10. The number of amides is 1. The summed E-state index contributed by atoms with van der Waals surface area (Å²) in [7, 11) is -4.02. The van der Waals surface area contributed by atoms with Crippen LogP contribution in [-0.4, -0.2) is 56.8 Å². The molecule has 1 aliphatic carbocycles. The standard InChI is InChI=1S/C25H21F2N7O4S/c26-25(27)9-16(25)24(36)33-19-8-14(6-7-29-19)22-23(31-15-4-2-1-3-5-15)21-17(32-22)11-34(12-18(21)35)39(37,38)20-10-28-13-30-20/h1-8,10,13,16,31-32H,9,11-12H2,(H,28,30)(H,29,33,36). The lowest BCUT2D eigenvalue weighted by atomic mass is 10.0. The number of benzene rings is 1. The fourth-order valence-electron chi connectivity index (χ4n) is 4.52. The Hall–Kier alpha value is -4.43. The smallest absolute Gasteiger partial charge is 0.260 e. The highest BCUT2D eigenvalue weighted by atomic mass is 32.2. The van der Waals surface area contributed by atoms with E-state index in [0.717, 1.165) is 4.31 Å². The van der Waals surface area contributed by atoms with E-state index in [1.165, 1.54) is 24.8 Å². The number of halogens is 2. The lowest BCUT2D eigenvalue weighted by Crippen LogP contribution is -2.39. The average Bonchev–Trinajstić information content (AvgIpc) is 3.27. The molecule has 4 N–H and O–H groups in total. The molecule has 0 bridgehead atoms. The van der Waals surface area contributed by atoms with Gasteiger partial charge in [-0.1, -0.05) is 18.2 Å². The summed E-state index contributed by atoms with van der Waals surface area (Å²) in [5.41, 5.74) is 2.68. The van der Waals surface area contributed by atoms with Gasteiger partial charge in [0.15, 0.2) is 10.8 Å². The summed E-state index contributed by atoms with van der Waals surface area (Å²) < 4.78 is 53.9. The van der Waals surface area contributed by atoms with Crippen LogP contribution in [0.15, 0.2) is 66.2 Å². The highest BCUT2D eigenvalue weighted by Crippen LogP contribution is 2.49. The lowest BCUT2D eigenvalue weighted by molar-refractivity contribution is -0.119. The van der Waals surface area contributed by atoms with Gasteiger partial charge in [-0.25, -0.2) is 27.2 Å². The third kappa shape index (κ3) is 4.57. The number of sulfonamides is 1. The Morgan fingerprint density at radius 3 is 2.62 bits per heavy atom. The van der Waals surface area contributed by atoms with E-state index in [1.54, 1.807) is 18.2 Å². The number of fused-ring (bicyclic) bond motifs is 1. The van der Waals surface area contributed by atoms with E-state index in [1.807, 2.05) is 18.2 Å². The summed E-state index contributed by atoms with van der Waals surface area (Å²) in [6.07, 6.45) is 3.30. The van der Waals surface area contributed by atoms with Crippen molar-refractivity contribution in [1.82, 2.24) is 24.2 Å². The van der Waals surface area contributed by atoms with E-state index < -0.39 is 40.0 Å². The Labute approximate surface area is 220 Å². The summed E-state index contributed by atoms with van der Waals surface area (Å²) in [4.78, 5) is 39.2. The van der Waals surface area contributed by atoms with Gasteiger partial charge >= 0.3 is 0 Å². The maximum atomic E-state index is 13.4. The lowest BCUT2D eigenvalue weighted by Gasteiger charge is -2.25. The second-order valence-electron chi connectivity index (χ2n) is 9.27. The number of hydrogen-bond donors (Lipinski definition) is 4. The van der Waals surface area contributed by atoms with E-state index in [2.05, 4.69) is 30.6 Å². The molecule has 0 saturated heterocycles. The maximum absolute atomic E-state index is 13.4. The van der Waals surface area contributed by atoms with Crippen LogP contribution < -0.4 is 10.6 Å². The van der Waals surface area contributed by atoms with Crippen LogP contribution in [0.1, 0.15) is 22.5 Å². The number of imidazole rings is 1. The van der Waals surface area contributed by atoms with Crippen molar-refractivity contribution in [3.8, 4) is 11.3 Å². The first-order chi connectivity index (χ1) is 18.6. The minimum Gasteiger partial charge on any atom is -0.355 e. The Bertz CT molecular complexity index is 1690. The van der Waals surface area contributed by atoms with Crippen molar-refractivity contribution in [3.05, 3.63) is 72.4 Å². The second-order valence-corrected chi connectivity index (χ2v) is 11.2. The molecule has 0 spiro atoms. The summed E-state index contributed by atoms with van der Waals surface area (Å²) in [6.45, 7) is -0.500. The third-order valence-corrected chi connectivity index (χ3v) is 8.30. The number of aromatic nitrogens is 4. The van der Waals surface area contributed by atoms with Crippen molar-refractivity contribution in [2.75, 3.05) is 17.2 Å². The first kappa shape index (κ1) is 24.9. The Morgan fingerprint density at radius 2 is 1.92 bits per heavy atom. The number of ketones is 1. The number of aromatic amines is 2. The zero-order valence-corrected chi connectivity index (χ0v) is 20.9. The molecule has 2 aliphatic rings. The van der Waals surface area contributed by atoms with Gasteiger partial charge in [-0.15, -0.1) is 0 Å². The summed E-state index contributed by atoms with van der Waals surface area (Å²) in [5, 5.41) is 5.54. The molecule has 3 aromatic heterocycles. The van der Waals surface area contributed by atoms with E-state index in [-0.39, 0.29) is 23.9 Å². The normalized spacial score (nSPS) is 18.4. The third-order valence-electron chi connectivity index (χ3n) is 6.59. The first-order valence-corrected chi connectivity index (χ1v) is 13.3. The largest absolute Gasteiger partial charge is 0.355 e. The number of Topliss-reactive ketones (excluding diaryl/α,β-unsaturated/α-hetero) is 1. The maximum Gasteiger partial charge on any atom is 0.260 e. The summed E-state index contributed by atoms with van der Waals surface area (Å²) in [6, 6.07) is 12.2. The van der Waals surface area contributed by atoms with Crippen LogP contribution in [0.3, 0.4) is 0 Å². The zero-order valence-electron chi connectivity index (χ0n) is 20.1. The number of carbonyl (C=O) groups is 2. The van der Waals surface area contributed by atoms with E-state index in [9.17, 15) is 26.8 Å². The molecule has 14 heteroatoms. The number of carbonyl (C=O) groups excluding carboxylic acids is 2. The van der Waals surface area contributed by atoms with Gasteiger partial charge in [-0.2, -0.15) is 4.31 Å². The molecule has 1 atom stereocenters. The topological polar surface area (TPSA) is 153 Å². The number of nitrogens with zero attached hydrogens (tertiary/aromatic N) is 3. The molecular formula is C25H21F2N7O4S. The molecule has 4 aromatic rings. The van der Waals surface area contributed by atoms with Crippen molar-refractivity contribution < 1.29 is 26.8 Å². The monoisotopic (exact) mass is 553 g/mol. The molecule has 1 aliphatic heterocycles. The predicted molar refractivity (Wildman–Crippen MR) is 136 cm³/mol. The molecule has 6 rings (SSSR count). The van der Waals surface area contributed by atoms with Gasteiger partial charge in [0.05, 0.1) is 42.6 Å². The summed E-state index contributed by atoms with van der Waals surface area (Å²) in [5.74, 6) is -5.60. The fraction of sp³-hybridized carbons (Fsp3) is 0.200. The minimum absolute atomic E-state index is 0.0632. The number of H-pyrrole nitrogens is 2. The summed E-state index contributed by atoms with van der Waals surface area (Å²) >= 11 is 0. The van der Waals surface area contributed by atoms with Crippen molar-refractivity contribution >= 4 is 38.9 Å². The SMILES string of the molecule is O=C1CN(S(=O)(=O)c2cnc[nH]2)Cc2[nH]c(-c3ccnc(NC(=O)C4CC4(F)F)c3)c(Nc3ccccc3)c21. The van der Waals surface area contributed by atoms with Crippen LogP contribution in [0.2, 0.25) is 0 Å². The first-order valence-electron chi connectivity index (χ1n) is 11.9. The number of rotatable bonds is 7. The molecule has 1 saturated carbocycles. The van der Waals surface area contributed by atoms with Crippen LogP contribution in [-0.2, 0) is 21.4 Å². The van der Waals surface area contributed by atoms with Crippen LogP contribution >= 0.6 is 0 Å². The quantitative estimate of drug-likeness (QED) is 0.273. The van der Waals surface area contributed by atoms with Gasteiger partial charge in [-0.05, 0) is 24.3 Å². The highest BCUT2D eigenvalue weighted by molar-refractivity contribution is 7.89. The Balaban J connectivity index is 1.39. The predicted octanol–water partition coefficient (Wildman–Crippen LogP) is 3.52. The minimum atomic E-state index is -4.02. The van der Waals surface area contributed by atoms with Crippen molar-refractivity contribution in [2.45, 2.75) is 23.9 Å². The van der Waals surface area contributed by atoms with Crippen molar-refractivity contribution in [2.24, 2.45) is 5.92 Å². The fourth-order valence-corrected chi connectivity index (χ4v) is 5.78. The molecule has 1 amide bonds. The molecule has 39 heavy (non-hydrogen) atoms. The Morgan fingerprint density at radius 1 is 1.15 bits per heavy atom. The highest BCUT2D eigenvalue weighted by Gasteiger charge is 2.61. The molecular weight excluding hydrogens is 532 g/mol. The number of hydrogen-bond acceptors (Lipinski definition) is 7. The molecule has 1 unspecified atom stereocenters. The molecule has 0 radical (unpaired) electrons. The van der Waals surface area contributed by atoms with Gasteiger partial charge in [0.2, 0.25) is 5.91 Å². The van der Waals surface area contributed by atoms with Crippen LogP contribution in [0.4, 0.5) is 26.0 Å². The molecule has 4 heterocycles.